The predicted octanol–water partition coefficient (Wildman–Crippen LogP) is 2.06. The van der Waals surface area contributed by atoms with Gasteiger partial charge in [-0.1, -0.05) is 0 Å². The molecule has 21 heavy (non-hydrogen) atoms. The maximum atomic E-state index is 12.2. The van der Waals surface area contributed by atoms with Gasteiger partial charge in [0, 0.05) is 23.4 Å². The molecule has 3 aromatic rings. The van der Waals surface area contributed by atoms with E-state index in [1.165, 1.54) is 18.3 Å². The van der Waals surface area contributed by atoms with Crippen molar-refractivity contribution >= 4 is 44.7 Å². The zero-order valence-electron chi connectivity index (χ0n) is 11.0. The Morgan fingerprint density at radius 3 is 2.90 bits per heavy atom. The molecule has 0 saturated heterocycles. The Hall–Kier alpha value is -2.74. The molecule has 0 fully saturated rings. The van der Waals surface area contributed by atoms with Crippen LogP contribution in [0.2, 0.25) is 0 Å². The van der Waals surface area contributed by atoms with Crippen LogP contribution in [0.3, 0.4) is 0 Å². The largest absolute Gasteiger partial charge is 0.399 e. The molecule has 0 aliphatic rings. The summed E-state index contributed by atoms with van der Waals surface area (Å²) in [6.45, 7) is 1.42. The van der Waals surface area contributed by atoms with Gasteiger partial charge in [0.15, 0.2) is 16.6 Å². The smallest absolute Gasteiger partial charge is 0.278 e. The van der Waals surface area contributed by atoms with Crippen molar-refractivity contribution in [2.45, 2.75) is 6.92 Å². The number of H-pyrrole nitrogens is 1. The van der Waals surface area contributed by atoms with Gasteiger partial charge in [-0.05, 0) is 18.2 Å². The third-order valence-electron chi connectivity index (χ3n) is 2.89. The van der Waals surface area contributed by atoms with Gasteiger partial charge in [-0.15, -0.1) is 11.3 Å². The molecule has 4 N–H and O–H groups in total. The molecule has 0 aliphatic carbocycles. The van der Waals surface area contributed by atoms with E-state index in [2.05, 4.69) is 20.5 Å². The van der Waals surface area contributed by atoms with Gasteiger partial charge in [-0.3, -0.25) is 20.0 Å². The first-order valence-electron chi connectivity index (χ1n) is 6.06. The fourth-order valence-electron chi connectivity index (χ4n) is 1.85. The van der Waals surface area contributed by atoms with Crippen LogP contribution in [-0.4, -0.2) is 26.9 Å². The SMILES string of the molecule is CC(=O)c1csc(NC(=O)c2n[nH]c3ccc(N)cc23)n1. The Morgan fingerprint density at radius 1 is 1.38 bits per heavy atom. The summed E-state index contributed by atoms with van der Waals surface area (Å²) in [5.74, 6) is -0.555. The number of anilines is 2. The molecule has 0 unspecified atom stereocenters. The number of aromatic nitrogens is 3. The van der Waals surface area contributed by atoms with Crippen LogP contribution in [0.1, 0.15) is 27.9 Å². The predicted molar refractivity (Wildman–Crippen MR) is 80.6 cm³/mol. The van der Waals surface area contributed by atoms with Crippen LogP contribution in [0.4, 0.5) is 10.8 Å². The lowest BCUT2D eigenvalue weighted by Crippen LogP contribution is -2.13. The number of nitrogens with two attached hydrogens (primary N) is 1. The zero-order chi connectivity index (χ0) is 15.0. The van der Waals surface area contributed by atoms with E-state index in [4.69, 9.17) is 5.73 Å². The zero-order valence-corrected chi connectivity index (χ0v) is 11.8. The van der Waals surface area contributed by atoms with Crippen LogP contribution in [0, 0.1) is 0 Å². The highest BCUT2D eigenvalue weighted by Crippen LogP contribution is 2.21. The lowest BCUT2D eigenvalue weighted by molar-refractivity contribution is 0.100. The Balaban J connectivity index is 1.89. The minimum atomic E-state index is -0.406. The number of carbonyl (C=O) groups excluding carboxylic acids is 2. The van der Waals surface area contributed by atoms with Crippen molar-refractivity contribution in [3.8, 4) is 0 Å². The van der Waals surface area contributed by atoms with Gasteiger partial charge in [0.1, 0.15) is 5.69 Å². The number of hydrogen-bond donors (Lipinski definition) is 3. The third-order valence-corrected chi connectivity index (χ3v) is 3.65. The number of rotatable bonds is 3. The second-order valence-corrected chi connectivity index (χ2v) is 5.28. The summed E-state index contributed by atoms with van der Waals surface area (Å²) in [5.41, 5.74) is 7.55. The number of hydrogen-bond acceptors (Lipinski definition) is 6. The Kier molecular flexibility index (Phi) is 3.15. The van der Waals surface area contributed by atoms with E-state index >= 15 is 0 Å². The number of nitrogens with zero attached hydrogens (tertiary/aromatic N) is 2. The molecule has 1 amide bonds. The van der Waals surface area contributed by atoms with Gasteiger partial charge in [0.05, 0.1) is 5.52 Å². The van der Waals surface area contributed by atoms with E-state index < -0.39 is 5.91 Å². The lowest BCUT2D eigenvalue weighted by atomic mass is 10.2. The molecule has 7 nitrogen and oxygen atoms in total. The number of nitrogen functional groups attached to an aromatic ring is 1. The number of thiazole rings is 1. The number of aromatic amines is 1. The summed E-state index contributed by atoms with van der Waals surface area (Å²) in [6, 6.07) is 5.16. The molecule has 2 aromatic heterocycles. The number of fused-ring (bicyclic) bond motifs is 1. The highest BCUT2D eigenvalue weighted by Gasteiger charge is 2.16. The van der Waals surface area contributed by atoms with Crippen molar-refractivity contribution in [3.05, 3.63) is 35.0 Å². The van der Waals surface area contributed by atoms with Crippen LogP contribution >= 0.6 is 11.3 Å². The molecule has 2 heterocycles. The third kappa shape index (κ3) is 2.48. The Labute approximate surface area is 123 Å². The molecular weight excluding hydrogens is 290 g/mol. The first-order chi connectivity index (χ1) is 10.0. The first kappa shape index (κ1) is 13.3. The number of Topliss-reactive ketones (excluding diaryl/α,β-unsaturated/α-hetero) is 1. The van der Waals surface area contributed by atoms with Gasteiger partial charge in [-0.25, -0.2) is 4.98 Å². The summed E-state index contributed by atoms with van der Waals surface area (Å²) in [6.07, 6.45) is 0. The summed E-state index contributed by atoms with van der Waals surface area (Å²) in [4.78, 5) is 27.4. The Morgan fingerprint density at radius 2 is 2.19 bits per heavy atom. The standard InChI is InChI=1S/C13H11N5O2S/c1-6(19)10-5-21-13(15-10)16-12(20)11-8-4-7(14)2-3-9(8)17-18-11/h2-5H,14H2,1H3,(H,17,18)(H,15,16,20). The van der Waals surface area contributed by atoms with Crippen molar-refractivity contribution in [2.75, 3.05) is 11.1 Å². The topological polar surface area (TPSA) is 114 Å². The fraction of sp³-hybridized carbons (Fsp3) is 0.0769. The summed E-state index contributed by atoms with van der Waals surface area (Å²) in [5, 5.41) is 12.0. The summed E-state index contributed by atoms with van der Waals surface area (Å²) < 4.78 is 0. The van der Waals surface area contributed by atoms with Gasteiger partial charge in [0.2, 0.25) is 0 Å². The second-order valence-electron chi connectivity index (χ2n) is 4.43. The molecule has 0 radical (unpaired) electrons. The van der Waals surface area contributed by atoms with Gasteiger partial charge >= 0.3 is 0 Å². The van der Waals surface area contributed by atoms with Crippen LogP contribution in [0.25, 0.3) is 10.9 Å². The number of ketones is 1. The van der Waals surface area contributed by atoms with Crippen molar-refractivity contribution < 1.29 is 9.59 Å². The molecule has 0 atom stereocenters. The molecule has 1 aromatic carbocycles. The van der Waals surface area contributed by atoms with Crippen LogP contribution < -0.4 is 11.1 Å². The summed E-state index contributed by atoms with van der Waals surface area (Å²) >= 11 is 1.19. The molecule has 0 bridgehead atoms. The highest BCUT2D eigenvalue weighted by atomic mass is 32.1. The summed E-state index contributed by atoms with van der Waals surface area (Å²) in [7, 11) is 0. The van der Waals surface area contributed by atoms with E-state index in [9.17, 15) is 9.59 Å². The first-order valence-corrected chi connectivity index (χ1v) is 6.94. The maximum absolute atomic E-state index is 12.2. The van der Waals surface area contributed by atoms with E-state index in [0.29, 0.717) is 21.9 Å². The quantitative estimate of drug-likeness (QED) is 0.506. The molecule has 0 spiro atoms. The van der Waals surface area contributed by atoms with Gasteiger partial charge < -0.3 is 5.73 Å². The van der Waals surface area contributed by atoms with Crippen LogP contribution in [0.5, 0.6) is 0 Å². The number of amides is 1. The van der Waals surface area contributed by atoms with E-state index in [-0.39, 0.29) is 11.5 Å². The monoisotopic (exact) mass is 301 g/mol. The maximum Gasteiger partial charge on any atom is 0.278 e. The lowest BCUT2D eigenvalue weighted by Gasteiger charge is -1.99. The molecule has 106 valence electrons. The minimum Gasteiger partial charge on any atom is -0.399 e. The molecule has 0 aliphatic heterocycles. The highest BCUT2D eigenvalue weighted by molar-refractivity contribution is 7.14. The number of carbonyl (C=O) groups is 2. The van der Waals surface area contributed by atoms with Gasteiger partial charge in [-0.2, -0.15) is 5.10 Å². The number of benzene rings is 1. The normalized spacial score (nSPS) is 10.7. The Bertz CT molecular complexity index is 851. The molecular formula is C13H11N5O2S. The molecule has 0 saturated carbocycles. The van der Waals surface area contributed by atoms with Crippen LogP contribution in [-0.2, 0) is 0 Å². The fourth-order valence-corrected chi connectivity index (χ4v) is 2.60. The average molecular weight is 301 g/mol. The van der Waals surface area contributed by atoms with E-state index in [1.807, 2.05) is 0 Å². The van der Waals surface area contributed by atoms with Crippen molar-refractivity contribution in [1.82, 2.24) is 15.2 Å². The van der Waals surface area contributed by atoms with Crippen molar-refractivity contribution in [3.63, 3.8) is 0 Å². The second kappa shape index (κ2) is 4.98. The van der Waals surface area contributed by atoms with Crippen molar-refractivity contribution in [2.24, 2.45) is 0 Å². The minimum absolute atomic E-state index is 0.148. The van der Waals surface area contributed by atoms with E-state index in [0.717, 1.165) is 5.52 Å². The van der Waals surface area contributed by atoms with Crippen LogP contribution in [0.15, 0.2) is 23.6 Å². The van der Waals surface area contributed by atoms with Crippen molar-refractivity contribution in [1.29, 1.82) is 0 Å². The van der Waals surface area contributed by atoms with E-state index in [1.54, 1.807) is 23.6 Å². The van der Waals surface area contributed by atoms with Gasteiger partial charge in [0.25, 0.3) is 5.91 Å². The average Bonchev–Trinajstić information content (AvgIpc) is 3.04. The molecule has 8 heteroatoms. The number of nitrogens with one attached hydrogen (secondary N) is 2. The molecule has 3 rings (SSSR count).